The molecule has 0 rings (SSSR count). The van der Waals surface area contributed by atoms with Gasteiger partial charge in [0.15, 0.2) is 0 Å². The van der Waals surface area contributed by atoms with Gasteiger partial charge in [-0.05, 0) is 12.8 Å². The molecule has 0 heterocycles. The average Bonchev–Trinajstić information content (AvgIpc) is 2.37. The fourth-order valence-electron chi connectivity index (χ4n) is 1.26. The van der Waals surface area contributed by atoms with Crippen molar-refractivity contribution in [3.05, 3.63) is 26.3 Å². The first kappa shape index (κ1) is 21.7. The minimum absolute atomic E-state index is 0.245. The lowest BCUT2D eigenvalue weighted by Crippen LogP contribution is -1.94. The van der Waals surface area contributed by atoms with Crippen molar-refractivity contribution in [2.75, 3.05) is 0 Å². The average molecular weight is 258 g/mol. The minimum atomic E-state index is -0.740. The number of unbranched alkanes of at least 4 members (excludes halogenated alkanes) is 5. The summed E-state index contributed by atoms with van der Waals surface area (Å²) < 4.78 is 0. The van der Waals surface area contributed by atoms with E-state index in [1.54, 1.807) is 0 Å². The number of aliphatic carboxylic acids is 2. The third-order valence-electron chi connectivity index (χ3n) is 2.03. The third-order valence-corrected chi connectivity index (χ3v) is 2.03. The van der Waals surface area contributed by atoms with Crippen LogP contribution in [0.1, 0.15) is 51.4 Å². The SMILES string of the molecule is C=C.C=C.O=C(O)CCCCCCCCC(=O)O. The van der Waals surface area contributed by atoms with Gasteiger partial charge in [-0.15, -0.1) is 26.3 Å². The second-order valence-electron chi connectivity index (χ2n) is 3.41. The molecular formula is C14H26O4. The molecule has 18 heavy (non-hydrogen) atoms. The lowest BCUT2D eigenvalue weighted by molar-refractivity contribution is -0.138. The number of carboxylic acids is 2. The largest absolute Gasteiger partial charge is 0.481 e. The van der Waals surface area contributed by atoms with Crippen molar-refractivity contribution >= 4 is 11.9 Å². The zero-order chi connectivity index (χ0) is 14.8. The molecule has 0 saturated carbocycles. The number of hydrogen-bond donors (Lipinski definition) is 2. The maximum absolute atomic E-state index is 10.1. The van der Waals surface area contributed by atoms with Crippen molar-refractivity contribution < 1.29 is 19.8 Å². The molecule has 0 aliphatic carbocycles. The van der Waals surface area contributed by atoms with Crippen LogP contribution in [-0.4, -0.2) is 22.2 Å². The van der Waals surface area contributed by atoms with Gasteiger partial charge in [0.1, 0.15) is 0 Å². The molecule has 0 bridgehead atoms. The molecule has 0 unspecified atom stereocenters. The van der Waals surface area contributed by atoms with E-state index in [-0.39, 0.29) is 12.8 Å². The highest BCUT2D eigenvalue weighted by atomic mass is 16.4. The molecule has 0 aliphatic heterocycles. The van der Waals surface area contributed by atoms with Gasteiger partial charge in [-0.3, -0.25) is 9.59 Å². The van der Waals surface area contributed by atoms with Gasteiger partial charge < -0.3 is 10.2 Å². The zero-order valence-corrected chi connectivity index (χ0v) is 11.2. The van der Waals surface area contributed by atoms with Crippen molar-refractivity contribution in [2.45, 2.75) is 51.4 Å². The van der Waals surface area contributed by atoms with E-state index in [2.05, 4.69) is 26.3 Å². The van der Waals surface area contributed by atoms with Crippen LogP contribution in [0.2, 0.25) is 0 Å². The fraction of sp³-hybridized carbons (Fsp3) is 0.571. The van der Waals surface area contributed by atoms with E-state index >= 15 is 0 Å². The number of carboxylic acid groups (broad SMARTS) is 2. The lowest BCUT2D eigenvalue weighted by atomic mass is 10.1. The Hall–Kier alpha value is -1.58. The van der Waals surface area contributed by atoms with Crippen LogP contribution in [0.5, 0.6) is 0 Å². The van der Waals surface area contributed by atoms with E-state index in [4.69, 9.17) is 10.2 Å². The first-order valence-corrected chi connectivity index (χ1v) is 6.06. The molecule has 0 saturated heterocycles. The van der Waals surface area contributed by atoms with Gasteiger partial charge in [-0.1, -0.05) is 25.7 Å². The van der Waals surface area contributed by atoms with Crippen molar-refractivity contribution in [1.29, 1.82) is 0 Å². The van der Waals surface area contributed by atoms with Crippen molar-refractivity contribution in [3.8, 4) is 0 Å². The summed E-state index contributed by atoms with van der Waals surface area (Å²) >= 11 is 0. The Balaban J connectivity index is -0.000000506. The van der Waals surface area contributed by atoms with E-state index < -0.39 is 11.9 Å². The van der Waals surface area contributed by atoms with Gasteiger partial charge in [0.25, 0.3) is 0 Å². The molecule has 0 amide bonds. The maximum Gasteiger partial charge on any atom is 0.303 e. The van der Waals surface area contributed by atoms with E-state index in [1.165, 1.54) is 0 Å². The third kappa shape index (κ3) is 29.3. The van der Waals surface area contributed by atoms with Gasteiger partial charge in [0.05, 0.1) is 0 Å². The first-order valence-electron chi connectivity index (χ1n) is 6.06. The van der Waals surface area contributed by atoms with Crippen LogP contribution < -0.4 is 0 Å². The Labute approximate surface area is 110 Å². The summed E-state index contributed by atoms with van der Waals surface area (Å²) in [6.45, 7) is 12.0. The van der Waals surface area contributed by atoms with Crippen molar-refractivity contribution in [1.82, 2.24) is 0 Å². The van der Waals surface area contributed by atoms with Gasteiger partial charge in [-0.25, -0.2) is 0 Å². The molecule has 0 aliphatic rings. The van der Waals surface area contributed by atoms with E-state index in [0.717, 1.165) is 38.5 Å². The summed E-state index contributed by atoms with van der Waals surface area (Å²) in [5, 5.41) is 16.7. The second kappa shape index (κ2) is 20.8. The monoisotopic (exact) mass is 258 g/mol. The number of rotatable bonds is 9. The highest BCUT2D eigenvalue weighted by Gasteiger charge is 1.98. The predicted molar refractivity (Wildman–Crippen MR) is 74.7 cm³/mol. The minimum Gasteiger partial charge on any atom is -0.481 e. The summed E-state index contributed by atoms with van der Waals surface area (Å²) in [6.07, 6.45) is 5.82. The van der Waals surface area contributed by atoms with Crippen LogP contribution in [0, 0.1) is 0 Å². The highest BCUT2D eigenvalue weighted by molar-refractivity contribution is 5.66. The first-order chi connectivity index (χ1) is 8.63. The van der Waals surface area contributed by atoms with Crippen LogP contribution in [0.25, 0.3) is 0 Å². The van der Waals surface area contributed by atoms with Gasteiger partial charge in [-0.2, -0.15) is 0 Å². The molecule has 0 atom stereocenters. The van der Waals surface area contributed by atoms with Crippen LogP contribution >= 0.6 is 0 Å². The van der Waals surface area contributed by atoms with Crippen molar-refractivity contribution in [2.24, 2.45) is 0 Å². The Bertz CT molecular complexity index is 180. The van der Waals surface area contributed by atoms with Gasteiger partial charge >= 0.3 is 11.9 Å². The summed E-state index contributed by atoms with van der Waals surface area (Å²) in [6, 6.07) is 0. The Morgan fingerprint density at radius 3 is 1.06 bits per heavy atom. The van der Waals surface area contributed by atoms with Crippen molar-refractivity contribution in [3.63, 3.8) is 0 Å². The highest BCUT2D eigenvalue weighted by Crippen LogP contribution is 2.08. The van der Waals surface area contributed by atoms with E-state index in [1.807, 2.05) is 0 Å². The molecule has 0 radical (unpaired) electrons. The molecule has 0 aromatic carbocycles. The second-order valence-corrected chi connectivity index (χ2v) is 3.41. The quantitative estimate of drug-likeness (QED) is 0.486. The molecule has 0 spiro atoms. The summed E-state index contributed by atoms with van der Waals surface area (Å²) in [7, 11) is 0. The van der Waals surface area contributed by atoms with Gasteiger partial charge in [0.2, 0.25) is 0 Å². The van der Waals surface area contributed by atoms with Crippen LogP contribution in [0.3, 0.4) is 0 Å². The fourth-order valence-corrected chi connectivity index (χ4v) is 1.26. The van der Waals surface area contributed by atoms with Crippen LogP contribution in [-0.2, 0) is 9.59 Å². The summed E-state index contributed by atoms with van der Waals surface area (Å²) in [4.78, 5) is 20.3. The molecule has 0 aromatic rings. The predicted octanol–water partition coefficient (Wildman–Crippen LogP) is 3.88. The lowest BCUT2D eigenvalue weighted by Gasteiger charge is -1.98. The Morgan fingerprint density at radius 1 is 0.611 bits per heavy atom. The molecular weight excluding hydrogens is 232 g/mol. The number of hydrogen-bond acceptors (Lipinski definition) is 2. The topological polar surface area (TPSA) is 74.6 Å². The Morgan fingerprint density at radius 2 is 0.833 bits per heavy atom. The molecule has 2 N–H and O–H groups in total. The van der Waals surface area contributed by atoms with E-state index in [0.29, 0.717) is 0 Å². The Kier molecular flexibility index (Phi) is 25.0. The summed E-state index contributed by atoms with van der Waals surface area (Å²) in [5.74, 6) is -1.48. The number of carbonyl (C=O) groups is 2. The standard InChI is InChI=1S/C10H18O4.2C2H4/c11-9(12)7-5-3-1-2-4-6-8-10(13)14;2*1-2/h1-8H2,(H,11,12)(H,13,14);2*1-2H2. The molecule has 0 aromatic heterocycles. The smallest absolute Gasteiger partial charge is 0.303 e. The molecule has 106 valence electrons. The van der Waals surface area contributed by atoms with Gasteiger partial charge in [0, 0.05) is 12.8 Å². The summed E-state index contributed by atoms with van der Waals surface area (Å²) in [5.41, 5.74) is 0. The molecule has 4 heteroatoms. The molecule has 4 nitrogen and oxygen atoms in total. The van der Waals surface area contributed by atoms with Crippen LogP contribution in [0.4, 0.5) is 0 Å². The molecule has 0 fully saturated rings. The van der Waals surface area contributed by atoms with Crippen LogP contribution in [0.15, 0.2) is 26.3 Å². The zero-order valence-electron chi connectivity index (χ0n) is 11.2. The normalized spacial score (nSPS) is 8.22. The van der Waals surface area contributed by atoms with E-state index in [9.17, 15) is 9.59 Å². The maximum atomic E-state index is 10.1.